The first kappa shape index (κ1) is 37.0. The van der Waals surface area contributed by atoms with Gasteiger partial charge >= 0.3 is 0 Å². The number of aryl methyl sites for hydroxylation is 2. The number of pyridine rings is 1. The Labute approximate surface area is 356 Å². The van der Waals surface area contributed by atoms with E-state index in [2.05, 4.69) is 100 Å². The number of aromatic nitrogens is 3. The average Bonchev–Trinajstić information content (AvgIpc) is 3.82. The number of benzene rings is 7. The van der Waals surface area contributed by atoms with Crippen molar-refractivity contribution in [1.29, 1.82) is 26.3 Å². The summed E-state index contributed by atoms with van der Waals surface area (Å²) in [7, 11) is 0. The van der Waals surface area contributed by atoms with Gasteiger partial charge < -0.3 is 9.13 Å². The molecule has 3 aromatic heterocycles. The Hall–Kier alpha value is -9.26. The Morgan fingerprint density at radius 3 is 1.26 bits per heavy atom. The first-order valence-corrected chi connectivity index (χ1v) is 19.8. The smallest absolute Gasteiger partial charge is 0.0998 e. The SMILES string of the molecule is Cc1cc(-c2c(-n3c4ccccc4c4ccc(-c5ccc(C#N)cc5C#N)cc43)cc(C#N)cc2-n2c3ccccc3c3ccc(-c4ccc(C#N)cc4C#N)cc32)cc(C)n1. The Balaban J connectivity index is 1.36. The zero-order valence-corrected chi connectivity index (χ0v) is 33.4. The van der Waals surface area contributed by atoms with E-state index in [1.165, 1.54) is 0 Å². The minimum atomic E-state index is 0.400. The summed E-state index contributed by atoms with van der Waals surface area (Å²) in [6.07, 6.45) is 0. The van der Waals surface area contributed by atoms with Crippen molar-refractivity contribution in [3.8, 4) is 75.1 Å². The van der Waals surface area contributed by atoms with E-state index in [9.17, 15) is 26.3 Å². The molecule has 8 heteroatoms. The largest absolute Gasteiger partial charge is 0.308 e. The number of nitrogens with zero attached hydrogens (tertiary/aromatic N) is 8. The number of nitriles is 5. The maximum atomic E-state index is 10.9. The van der Waals surface area contributed by atoms with Gasteiger partial charge in [-0.1, -0.05) is 72.8 Å². The molecule has 0 bridgehead atoms. The van der Waals surface area contributed by atoms with Gasteiger partial charge in [-0.3, -0.25) is 4.98 Å². The first-order valence-electron chi connectivity index (χ1n) is 19.8. The van der Waals surface area contributed by atoms with Crippen LogP contribution in [0.15, 0.2) is 146 Å². The third kappa shape index (κ3) is 5.83. The summed E-state index contributed by atoms with van der Waals surface area (Å²) >= 11 is 0. The van der Waals surface area contributed by atoms with Gasteiger partial charge in [0, 0.05) is 38.5 Å². The van der Waals surface area contributed by atoms with Crippen LogP contribution in [0, 0.1) is 70.5 Å². The molecule has 0 radical (unpaired) electrons. The van der Waals surface area contributed by atoms with Gasteiger partial charge in [-0.25, -0.2) is 0 Å². The highest BCUT2D eigenvalue weighted by atomic mass is 15.0. The molecule has 0 amide bonds. The lowest BCUT2D eigenvalue weighted by Crippen LogP contribution is -2.06. The minimum Gasteiger partial charge on any atom is -0.308 e. The Morgan fingerprint density at radius 2 is 0.823 bits per heavy atom. The van der Waals surface area contributed by atoms with Gasteiger partial charge in [-0.15, -0.1) is 0 Å². The van der Waals surface area contributed by atoms with Crippen molar-refractivity contribution in [1.82, 2.24) is 14.1 Å². The summed E-state index contributed by atoms with van der Waals surface area (Å²) in [5, 5.41) is 54.5. The van der Waals surface area contributed by atoms with Crippen molar-refractivity contribution in [3.05, 3.63) is 185 Å². The highest BCUT2D eigenvalue weighted by Gasteiger charge is 2.24. The van der Waals surface area contributed by atoms with Crippen LogP contribution in [0.5, 0.6) is 0 Å². The lowest BCUT2D eigenvalue weighted by molar-refractivity contribution is 1.11. The average molecular weight is 791 g/mol. The summed E-state index contributed by atoms with van der Waals surface area (Å²) in [4.78, 5) is 4.77. The maximum absolute atomic E-state index is 10.9. The molecule has 8 nitrogen and oxygen atoms in total. The Kier molecular flexibility index (Phi) is 8.68. The highest BCUT2D eigenvalue weighted by molar-refractivity contribution is 6.13. The van der Waals surface area contributed by atoms with Gasteiger partial charge in [0.05, 0.1) is 91.6 Å². The number of hydrogen-bond acceptors (Lipinski definition) is 6. The van der Waals surface area contributed by atoms with E-state index in [1.807, 2.05) is 74.5 Å². The minimum absolute atomic E-state index is 0.400. The molecule has 0 saturated heterocycles. The predicted octanol–water partition coefficient (Wildman–Crippen LogP) is 12.3. The van der Waals surface area contributed by atoms with Gasteiger partial charge in [0.1, 0.15) is 0 Å². The molecule has 0 aliphatic heterocycles. The van der Waals surface area contributed by atoms with E-state index in [1.54, 1.807) is 24.3 Å². The fourth-order valence-electron chi connectivity index (χ4n) is 9.01. The molecule has 3 heterocycles. The quantitative estimate of drug-likeness (QED) is 0.170. The van der Waals surface area contributed by atoms with Gasteiger partial charge in [-0.05, 0) is 114 Å². The van der Waals surface area contributed by atoms with Crippen LogP contribution in [0.3, 0.4) is 0 Å². The second-order valence-electron chi connectivity index (χ2n) is 15.3. The van der Waals surface area contributed by atoms with E-state index < -0.39 is 0 Å². The molecule has 0 fully saturated rings. The van der Waals surface area contributed by atoms with Crippen molar-refractivity contribution in [2.45, 2.75) is 13.8 Å². The van der Waals surface area contributed by atoms with Crippen molar-refractivity contribution in [2.75, 3.05) is 0 Å². The molecule has 286 valence electrons. The third-order valence-corrected chi connectivity index (χ3v) is 11.6. The van der Waals surface area contributed by atoms with Crippen LogP contribution in [0.2, 0.25) is 0 Å². The van der Waals surface area contributed by atoms with Gasteiger partial charge in [-0.2, -0.15) is 26.3 Å². The Morgan fingerprint density at radius 1 is 0.387 bits per heavy atom. The number of fused-ring (bicyclic) bond motifs is 6. The summed E-state index contributed by atoms with van der Waals surface area (Å²) < 4.78 is 4.42. The van der Waals surface area contributed by atoms with Crippen LogP contribution in [-0.4, -0.2) is 14.1 Å². The fourth-order valence-corrected chi connectivity index (χ4v) is 9.01. The van der Waals surface area contributed by atoms with Crippen LogP contribution in [-0.2, 0) is 0 Å². The van der Waals surface area contributed by atoms with Crippen molar-refractivity contribution >= 4 is 43.6 Å². The van der Waals surface area contributed by atoms with E-state index in [4.69, 9.17) is 4.98 Å². The second kappa shape index (κ2) is 14.5. The summed E-state index contributed by atoms with van der Waals surface area (Å²) in [5.41, 5.74) is 13.7. The maximum Gasteiger partial charge on any atom is 0.0998 e. The van der Waals surface area contributed by atoms with Crippen LogP contribution in [0.4, 0.5) is 0 Å². The van der Waals surface area contributed by atoms with Crippen molar-refractivity contribution in [3.63, 3.8) is 0 Å². The number of para-hydroxylation sites is 2. The molecule has 62 heavy (non-hydrogen) atoms. The molecular formula is C54H30N8. The van der Waals surface area contributed by atoms with Gasteiger partial charge in [0.2, 0.25) is 0 Å². The van der Waals surface area contributed by atoms with E-state index in [0.29, 0.717) is 38.9 Å². The zero-order valence-electron chi connectivity index (χ0n) is 33.4. The van der Waals surface area contributed by atoms with E-state index in [-0.39, 0.29) is 0 Å². The molecule has 0 spiro atoms. The lowest BCUT2D eigenvalue weighted by Gasteiger charge is -2.21. The van der Waals surface area contributed by atoms with Gasteiger partial charge in [0.25, 0.3) is 0 Å². The highest BCUT2D eigenvalue weighted by Crippen LogP contribution is 2.44. The summed E-state index contributed by atoms with van der Waals surface area (Å²) in [6, 6.07) is 58.5. The Bertz CT molecular complexity index is 3560. The number of rotatable bonds is 5. The topological polar surface area (TPSA) is 142 Å². The number of hydrogen-bond donors (Lipinski definition) is 0. The molecule has 10 rings (SSSR count). The predicted molar refractivity (Wildman–Crippen MR) is 242 cm³/mol. The van der Waals surface area contributed by atoms with Crippen molar-refractivity contribution < 1.29 is 0 Å². The lowest BCUT2D eigenvalue weighted by atomic mass is 9.96. The second-order valence-corrected chi connectivity index (χ2v) is 15.3. The summed E-state index contributed by atoms with van der Waals surface area (Å²) in [6.45, 7) is 3.96. The zero-order chi connectivity index (χ0) is 42.6. The fraction of sp³-hybridized carbons (Fsp3) is 0.0370. The molecule has 0 atom stereocenters. The van der Waals surface area contributed by atoms with Crippen LogP contribution < -0.4 is 0 Å². The summed E-state index contributed by atoms with van der Waals surface area (Å²) in [5.74, 6) is 0. The molecule has 0 unspecified atom stereocenters. The molecule has 0 aliphatic carbocycles. The molecule has 0 aliphatic rings. The first-order chi connectivity index (χ1) is 30.3. The van der Waals surface area contributed by atoms with E-state index in [0.717, 1.165) is 88.6 Å². The van der Waals surface area contributed by atoms with Gasteiger partial charge in [0.15, 0.2) is 0 Å². The van der Waals surface area contributed by atoms with Crippen LogP contribution >= 0.6 is 0 Å². The van der Waals surface area contributed by atoms with Crippen LogP contribution in [0.25, 0.3) is 88.4 Å². The molecule has 0 N–H and O–H groups in total. The normalized spacial score (nSPS) is 11.0. The van der Waals surface area contributed by atoms with Crippen LogP contribution in [0.1, 0.15) is 39.2 Å². The molecule has 7 aromatic carbocycles. The van der Waals surface area contributed by atoms with Crippen molar-refractivity contribution in [2.24, 2.45) is 0 Å². The standard InChI is InChI=1S/C54H30N8/c1-32-19-39(20-33(2)60-32)54-52(61-48-9-5-3-7-44(48)46-17-13-37(25-50(46)61)42-15-11-34(27-55)21-40(42)30-58)23-36(29-57)24-53(54)62-49-10-6-4-8-45(49)47-18-14-38(26-51(47)62)43-16-12-35(28-56)22-41(43)31-59/h3-26H,1-2H3. The van der Waals surface area contributed by atoms with E-state index >= 15 is 0 Å². The molecular weight excluding hydrogens is 761 g/mol. The monoisotopic (exact) mass is 790 g/mol. The molecule has 0 saturated carbocycles. The molecule has 10 aromatic rings. The third-order valence-electron chi connectivity index (χ3n) is 11.6.